The third kappa shape index (κ3) is 2.38. The van der Waals surface area contributed by atoms with E-state index in [0.29, 0.717) is 5.69 Å². The number of nitrogens with zero attached hydrogens (tertiary/aromatic N) is 2. The Kier molecular flexibility index (Phi) is 3.07. The highest BCUT2D eigenvalue weighted by atomic mass is 35.5. The molecule has 0 bridgehead atoms. The van der Waals surface area contributed by atoms with Crippen molar-refractivity contribution in [2.75, 3.05) is 11.9 Å². The molecule has 0 saturated heterocycles. The Hall–Kier alpha value is -0.870. The van der Waals surface area contributed by atoms with Crippen LogP contribution in [0.1, 0.15) is 12.8 Å². The lowest BCUT2D eigenvalue weighted by molar-refractivity contribution is 0.623. The molecule has 0 aromatic carbocycles. The molecule has 15 heavy (non-hydrogen) atoms. The van der Waals surface area contributed by atoms with Gasteiger partial charge in [0.1, 0.15) is 5.84 Å². The van der Waals surface area contributed by atoms with Gasteiger partial charge < -0.3 is 5.32 Å². The SMILES string of the molecule is Fc1cc(NC2=NCCC2)c(Cl)nc1Cl. The van der Waals surface area contributed by atoms with Crippen LogP contribution in [-0.4, -0.2) is 17.4 Å². The molecule has 1 N–H and O–H groups in total. The van der Waals surface area contributed by atoms with Crippen molar-refractivity contribution in [2.45, 2.75) is 12.8 Å². The number of amidine groups is 1. The van der Waals surface area contributed by atoms with Crippen molar-refractivity contribution < 1.29 is 4.39 Å². The first-order chi connectivity index (χ1) is 7.16. The maximum atomic E-state index is 13.1. The van der Waals surface area contributed by atoms with Crippen molar-refractivity contribution in [1.29, 1.82) is 0 Å². The van der Waals surface area contributed by atoms with Gasteiger partial charge in [-0.15, -0.1) is 0 Å². The fraction of sp³-hybridized carbons (Fsp3) is 0.333. The fourth-order valence-corrected chi connectivity index (χ4v) is 1.70. The van der Waals surface area contributed by atoms with Crippen molar-refractivity contribution in [2.24, 2.45) is 4.99 Å². The van der Waals surface area contributed by atoms with Gasteiger partial charge in [0.15, 0.2) is 16.1 Å². The highest BCUT2D eigenvalue weighted by Crippen LogP contribution is 2.25. The zero-order valence-electron chi connectivity index (χ0n) is 7.73. The topological polar surface area (TPSA) is 37.3 Å². The second-order valence-corrected chi connectivity index (χ2v) is 3.87. The molecular formula is C9H8Cl2FN3. The summed E-state index contributed by atoms with van der Waals surface area (Å²) in [5, 5.41) is 2.86. The van der Waals surface area contributed by atoms with Crippen LogP contribution in [0.15, 0.2) is 11.1 Å². The summed E-state index contributed by atoms with van der Waals surface area (Å²) in [6.07, 6.45) is 1.85. The summed E-state index contributed by atoms with van der Waals surface area (Å²) >= 11 is 11.3. The van der Waals surface area contributed by atoms with E-state index in [1.54, 1.807) is 0 Å². The van der Waals surface area contributed by atoms with Gasteiger partial charge >= 0.3 is 0 Å². The number of rotatable bonds is 1. The number of aliphatic imine (C=N–C) groups is 1. The summed E-state index contributed by atoms with van der Waals surface area (Å²) in [6.45, 7) is 0.795. The van der Waals surface area contributed by atoms with Crippen LogP contribution >= 0.6 is 23.2 Å². The van der Waals surface area contributed by atoms with Gasteiger partial charge in [-0.3, -0.25) is 4.99 Å². The maximum Gasteiger partial charge on any atom is 0.166 e. The van der Waals surface area contributed by atoms with Crippen molar-refractivity contribution in [1.82, 2.24) is 4.98 Å². The van der Waals surface area contributed by atoms with E-state index in [4.69, 9.17) is 23.2 Å². The first-order valence-electron chi connectivity index (χ1n) is 4.48. The molecular weight excluding hydrogens is 240 g/mol. The van der Waals surface area contributed by atoms with E-state index in [0.717, 1.165) is 25.2 Å². The Balaban J connectivity index is 2.24. The molecule has 3 nitrogen and oxygen atoms in total. The van der Waals surface area contributed by atoms with E-state index >= 15 is 0 Å². The minimum Gasteiger partial charge on any atom is -0.341 e. The number of pyridine rings is 1. The second-order valence-electron chi connectivity index (χ2n) is 3.16. The van der Waals surface area contributed by atoms with Gasteiger partial charge in [-0.1, -0.05) is 23.2 Å². The summed E-state index contributed by atoms with van der Waals surface area (Å²) in [4.78, 5) is 7.84. The fourth-order valence-electron chi connectivity index (χ4n) is 1.33. The molecule has 1 aromatic rings. The van der Waals surface area contributed by atoms with Gasteiger partial charge in [-0.25, -0.2) is 9.37 Å². The van der Waals surface area contributed by atoms with E-state index in [2.05, 4.69) is 15.3 Å². The molecule has 80 valence electrons. The lowest BCUT2D eigenvalue weighted by Crippen LogP contribution is -2.09. The third-order valence-corrected chi connectivity index (χ3v) is 2.59. The Labute approximate surface area is 96.3 Å². The summed E-state index contributed by atoms with van der Waals surface area (Å²) in [7, 11) is 0. The first-order valence-corrected chi connectivity index (χ1v) is 5.24. The molecule has 2 rings (SSSR count). The van der Waals surface area contributed by atoms with Crippen molar-refractivity contribution in [3.63, 3.8) is 0 Å². The Morgan fingerprint density at radius 1 is 1.33 bits per heavy atom. The molecule has 0 aliphatic carbocycles. The number of halogens is 3. The molecule has 0 atom stereocenters. The van der Waals surface area contributed by atoms with Crippen molar-refractivity contribution >= 4 is 34.7 Å². The summed E-state index contributed by atoms with van der Waals surface area (Å²) < 4.78 is 13.1. The highest BCUT2D eigenvalue weighted by Gasteiger charge is 2.12. The van der Waals surface area contributed by atoms with Crippen LogP contribution in [0.2, 0.25) is 10.3 Å². The van der Waals surface area contributed by atoms with Crippen LogP contribution in [0, 0.1) is 5.82 Å². The number of anilines is 1. The molecule has 0 unspecified atom stereocenters. The van der Waals surface area contributed by atoms with Crippen LogP contribution in [0.25, 0.3) is 0 Å². The smallest absolute Gasteiger partial charge is 0.166 e. The van der Waals surface area contributed by atoms with Gasteiger partial charge in [0.05, 0.1) is 5.69 Å². The lowest BCUT2D eigenvalue weighted by Gasteiger charge is -2.07. The molecule has 1 aliphatic rings. The molecule has 0 spiro atoms. The molecule has 1 aromatic heterocycles. The standard InChI is InChI=1S/C9H8Cl2FN3/c10-8-5(12)4-6(9(11)15-8)14-7-2-1-3-13-7/h4H,1-3H2,(H,13,14). The van der Waals surface area contributed by atoms with Gasteiger partial charge in [-0.2, -0.15) is 0 Å². The zero-order chi connectivity index (χ0) is 10.8. The quantitative estimate of drug-likeness (QED) is 0.775. The van der Waals surface area contributed by atoms with Crippen LogP contribution in [0.5, 0.6) is 0 Å². The van der Waals surface area contributed by atoms with E-state index in [-0.39, 0.29) is 10.3 Å². The van der Waals surface area contributed by atoms with E-state index in [9.17, 15) is 4.39 Å². The average Bonchev–Trinajstić information content (AvgIpc) is 2.67. The van der Waals surface area contributed by atoms with Crippen molar-refractivity contribution in [3.05, 3.63) is 22.2 Å². The molecule has 1 aliphatic heterocycles. The monoisotopic (exact) mass is 247 g/mol. The molecule has 0 fully saturated rings. The first kappa shape index (κ1) is 10.6. The van der Waals surface area contributed by atoms with E-state index in [1.165, 1.54) is 6.07 Å². The predicted octanol–water partition coefficient (Wildman–Crippen LogP) is 3.13. The number of hydrogen-bond acceptors (Lipinski definition) is 3. The number of nitrogens with one attached hydrogen (secondary N) is 1. The van der Waals surface area contributed by atoms with Gasteiger partial charge in [0, 0.05) is 19.0 Å². The second kappa shape index (κ2) is 4.33. The Morgan fingerprint density at radius 2 is 2.13 bits per heavy atom. The Morgan fingerprint density at radius 3 is 2.80 bits per heavy atom. The minimum absolute atomic E-state index is 0.149. The Bertz CT molecular complexity index is 420. The van der Waals surface area contributed by atoms with Crippen LogP contribution in [0.3, 0.4) is 0 Å². The van der Waals surface area contributed by atoms with Crippen molar-refractivity contribution in [3.8, 4) is 0 Å². The highest BCUT2D eigenvalue weighted by molar-refractivity contribution is 6.34. The predicted molar refractivity (Wildman–Crippen MR) is 59.4 cm³/mol. The zero-order valence-corrected chi connectivity index (χ0v) is 9.24. The summed E-state index contributed by atoms with van der Waals surface area (Å²) in [5.74, 6) is 0.211. The van der Waals surface area contributed by atoms with Gasteiger partial charge in [0.25, 0.3) is 0 Å². The van der Waals surface area contributed by atoms with Crippen LogP contribution < -0.4 is 5.32 Å². The van der Waals surface area contributed by atoms with Gasteiger partial charge in [-0.05, 0) is 6.42 Å². The normalized spacial score (nSPS) is 15.3. The van der Waals surface area contributed by atoms with Gasteiger partial charge in [0.2, 0.25) is 0 Å². The van der Waals surface area contributed by atoms with E-state index in [1.807, 2.05) is 0 Å². The van der Waals surface area contributed by atoms with Crippen LogP contribution in [0.4, 0.5) is 10.1 Å². The molecule has 0 saturated carbocycles. The summed E-state index contributed by atoms with van der Waals surface area (Å²) in [5.41, 5.74) is 0.402. The average molecular weight is 248 g/mol. The number of hydrogen-bond donors (Lipinski definition) is 1. The van der Waals surface area contributed by atoms with E-state index < -0.39 is 5.82 Å². The molecule has 0 amide bonds. The van der Waals surface area contributed by atoms with Crippen LogP contribution in [-0.2, 0) is 0 Å². The number of aromatic nitrogens is 1. The lowest BCUT2D eigenvalue weighted by atomic mass is 10.3. The summed E-state index contributed by atoms with van der Waals surface area (Å²) in [6, 6.07) is 1.22. The molecule has 0 radical (unpaired) electrons. The third-order valence-electron chi connectivity index (χ3n) is 2.04. The minimum atomic E-state index is -0.595. The molecule has 6 heteroatoms. The largest absolute Gasteiger partial charge is 0.341 e. The molecule has 2 heterocycles. The maximum absolute atomic E-state index is 13.1.